The summed E-state index contributed by atoms with van der Waals surface area (Å²) in [6, 6.07) is 11.2. The van der Waals surface area contributed by atoms with Gasteiger partial charge in [0.05, 0.1) is 16.7 Å². The van der Waals surface area contributed by atoms with Crippen molar-refractivity contribution in [2.45, 2.75) is 17.4 Å². The van der Waals surface area contributed by atoms with E-state index in [2.05, 4.69) is 17.5 Å². The highest BCUT2D eigenvalue weighted by Crippen LogP contribution is 2.45. The van der Waals surface area contributed by atoms with Gasteiger partial charge in [-0.2, -0.15) is 5.10 Å². The predicted molar refractivity (Wildman–Crippen MR) is 99.3 cm³/mol. The van der Waals surface area contributed by atoms with Gasteiger partial charge in [-0.05, 0) is 23.8 Å². The quantitative estimate of drug-likeness (QED) is 0.656. The van der Waals surface area contributed by atoms with Crippen LogP contribution in [0.2, 0.25) is 0 Å². The van der Waals surface area contributed by atoms with Crippen molar-refractivity contribution in [2.75, 3.05) is 11.5 Å². The first-order valence-corrected chi connectivity index (χ1v) is 9.35. The molecule has 1 amide bonds. The molecule has 0 spiro atoms. The Labute approximate surface area is 143 Å². The highest BCUT2D eigenvalue weighted by Gasteiger charge is 2.32. The number of fused-ring (bicyclic) bond motifs is 1. The molecule has 0 atom stereocenters. The van der Waals surface area contributed by atoms with Crippen molar-refractivity contribution >= 4 is 46.4 Å². The first-order chi connectivity index (χ1) is 11.1. The predicted octanol–water partition coefficient (Wildman–Crippen LogP) is 3.58. The molecule has 0 aromatic heterocycles. The summed E-state index contributed by atoms with van der Waals surface area (Å²) in [6.07, 6.45) is 1.94. The number of nitrogens with zero attached hydrogens (tertiary/aromatic N) is 1. The number of carbonyl (C=O) groups is 1. The summed E-state index contributed by atoms with van der Waals surface area (Å²) < 4.78 is -0.0544. The van der Waals surface area contributed by atoms with Gasteiger partial charge in [-0.3, -0.25) is 4.79 Å². The van der Waals surface area contributed by atoms with Gasteiger partial charge < -0.3 is 5.11 Å². The van der Waals surface area contributed by atoms with E-state index in [4.69, 9.17) is 0 Å². The summed E-state index contributed by atoms with van der Waals surface area (Å²) in [5, 5.41) is 16.0. The number of nitrogens with one attached hydrogen (secondary N) is 1. The van der Waals surface area contributed by atoms with Gasteiger partial charge in [0.15, 0.2) is 0 Å². The summed E-state index contributed by atoms with van der Waals surface area (Å²) in [5.74, 6) is 2.21. The van der Waals surface area contributed by atoms with Gasteiger partial charge in [-0.1, -0.05) is 30.3 Å². The largest absolute Gasteiger partial charge is 0.507 e. The van der Waals surface area contributed by atoms with E-state index < -0.39 is 0 Å². The molecule has 1 heterocycles. The highest BCUT2D eigenvalue weighted by atomic mass is 32.2. The van der Waals surface area contributed by atoms with E-state index in [1.165, 1.54) is 6.21 Å². The van der Waals surface area contributed by atoms with Crippen molar-refractivity contribution in [3.63, 3.8) is 0 Å². The molecule has 0 aliphatic carbocycles. The number of aromatic hydroxyl groups is 1. The Bertz CT molecular complexity index is 755. The third-order valence-electron chi connectivity index (χ3n) is 3.71. The maximum absolute atomic E-state index is 12.0. The number of rotatable bonds is 4. The molecular weight excluding hydrogens is 328 g/mol. The van der Waals surface area contributed by atoms with E-state index >= 15 is 0 Å². The second kappa shape index (κ2) is 6.84. The smallest absolute Gasteiger partial charge is 0.242 e. The van der Waals surface area contributed by atoms with Crippen LogP contribution in [0, 0.1) is 0 Å². The summed E-state index contributed by atoms with van der Waals surface area (Å²) in [4.78, 5) is 12.0. The summed E-state index contributed by atoms with van der Waals surface area (Å²) in [5.41, 5.74) is 3.18. The molecule has 0 unspecified atom stereocenters. The maximum Gasteiger partial charge on any atom is 0.242 e. The Balaban J connectivity index is 1.71. The fraction of sp³-hybridized carbons (Fsp3) is 0.294. The zero-order valence-corrected chi connectivity index (χ0v) is 14.4. The van der Waals surface area contributed by atoms with Gasteiger partial charge >= 0.3 is 0 Å². The minimum atomic E-state index is -0.106. The van der Waals surface area contributed by atoms with Gasteiger partial charge in [0.25, 0.3) is 0 Å². The van der Waals surface area contributed by atoms with Gasteiger partial charge in [-0.25, -0.2) is 5.43 Å². The Kier molecular flexibility index (Phi) is 4.82. The van der Waals surface area contributed by atoms with Crippen molar-refractivity contribution in [2.24, 2.45) is 5.10 Å². The summed E-state index contributed by atoms with van der Waals surface area (Å²) in [6.45, 7) is 2.09. The number of amides is 1. The molecule has 1 aliphatic heterocycles. The van der Waals surface area contributed by atoms with Crippen molar-refractivity contribution in [1.29, 1.82) is 0 Å². The van der Waals surface area contributed by atoms with Crippen molar-refractivity contribution < 1.29 is 9.90 Å². The van der Waals surface area contributed by atoms with Crippen LogP contribution in [-0.4, -0.2) is 32.8 Å². The Morgan fingerprint density at radius 3 is 2.83 bits per heavy atom. The van der Waals surface area contributed by atoms with Crippen LogP contribution in [0.3, 0.4) is 0 Å². The number of benzene rings is 2. The molecule has 4 nitrogen and oxygen atoms in total. The molecule has 1 aliphatic rings. The number of carbonyl (C=O) groups excluding carboxylic acids is 1. The Morgan fingerprint density at radius 1 is 1.30 bits per heavy atom. The number of phenolic OH excluding ortho intramolecular Hbond substituents is 1. The molecule has 1 fully saturated rings. The molecule has 3 rings (SSSR count). The average molecular weight is 346 g/mol. The van der Waals surface area contributed by atoms with E-state index in [-0.39, 0.29) is 15.7 Å². The first-order valence-electron chi connectivity index (χ1n) is 7.38. The molecule has 120 valence electrons. The molecular formula is C17H18N2O2S2. The number of hydrogen-bond donors (Lipinski definition) is 2. The van der Waals surface area contributed by atoms with Gasteiger partial charge in [0.1, 0.15) is 5.75 Å². The number of hydrazone groups is 1. The molecule has 2 aromatic rings. The Hall–Kier alpha value is -1.66. The molecule has 1 saturated heterocycles. The van der Waals surface area contributed by atoms with E-state index in [0.29, 0.717) is 12.0 Å². The van der Waals surface area contributed by atoms with Crippen LogP contribution >= 0.6 is 23.5 Å². The van der Waals surface area contributed by atoms with Crippen LogP contribution in [0.4, 0.5) is 0 Å². The third-order valence-corrected chi connectivity index (χ3v) is 7.00. The fourth-order valence-corrected chi connectivity index (χ4v) is 5.41. The van der Waals surface area contributed by atoms with E-state index in [0.717, 1.165) is 22.3 Å². The van der Waals surface area contributed by atoms with E-state index in [9.17, 15) is 9.90 Å². The van der Waals surface area contributed by atoms with Crippen molar-refractivity contribution in [3.05, 3.63) is 42.0 Å². The van der Waals surface area contributed by atoms with E-state index in [1.54, 1.807) is 6.07 Å². The van der Waals surface area contributed by atoms with Crippen LogP contribution in [0.15, 0.2) is 41.5 Å². The van der Waals surface area contributed by atoms with Crippen molar-refractivity contribution in [1.82, 2.24) is 5.43 Å². The standard InChI is InChI=1S/C17H18N2O2S2/c1-17(22-8-9-23-17)10-16(21)19-18-11-14-13-5-3-2-4-12(13)6-7-15(14)20/h2-7,11,20H,8-10H2,1H3,(H,19,21). The molecule has 0 saturated carbocycles. The molecule has 0 bridgehead atoms. The topological polar surface area (TPSA) is 61.7 Å². The van der Waals surface area contributed by atoms with Gasteiger partial charge in [-0.15, -0.1) is 23.5 Å². The number of phenols is 1. The van der Waals surface area contributed by atoms with Gasteiger partial charge in [0, 0.05) is 17.1 Å². The molecule has 2 aromatic carbocycles. The van der Waals surface area contributed by atoms with Crippen LogP contribution < -0.4 is 5.43 Å². The number of hydrogen-bond acceptors (Lipinski definition) is 5. The molecule has 0 radical (unpaired) electrons. The second-order valence-corrected chi connectivity index (χ2v) is 8.97. The molecule has 2 N–H and O–H groups in total. The minimum Gasteiger partial charge on any atom is -0.507 e. The number of thioether (sulfide) groups is 2. The van der Waals surface area contributed by atoms with Crippen LogP contribution in [0.25, 0.3) is 10.8 Å². The molecule has 23 heavy (non-hydrogen) atoms. The van der Waals surface area contributed by atoms with Crippen molar-refractivity contribution in [3.8, 4) is 5.75 Å². The fourth-order valence-electron chi connectivity index (χ4n) is 2.58. The lowest BCUT2D eigenvalue weighted by molar-refractivity contribution is -0.121. The van der Waals surface area contributed by atoms with Crippen LogP contribution in [-0.2, 0) is 4.79 Å². The third kappa shape index (κ3) is 3.82. The lowest BCUT2D eigenvalue weighted by Gasteiger charge is -2.19. The monoisotopic (exact) mass is 346 g/mol. The zero-order chi connectivity index (χ0) is 16.3. The SMILES string of the molecule is CC1(CC(=O)NN=Cc2c(O)ccc3ccccc23)SCCS1. The van der Waals surface area contributed by atoms with Crippen LogP contribution in [0.5, 0.6) is 5.75 Å². The van der Waals surface area contributed by atoms with Crippen LogP contribution in [0.1, 0.15) is 18.9 Å². The normalized spacial score (nSPS) is 16.9. The lowest BCUT2D eigenvalue weighted by atomic mass is 10.0. The average Bonchev–Trinajstić information content (AvgIpc) is 2.95. The first kappa shape index (κ1) is 16.2. The second-order valence-electron chi connectivity index (χ2n) is 5.52. The van der Waals surface area contributed by atoms with E-state index in [1.807, 2.05) is 53.9 Å². The van der Waals surface area contributed by atoms with Gasteiger partial charge in [0.2, 0.25) is 5.91 Å². The maximum atomic E-state index is 12.0. The molecule has 6 heteroatoms. The summed E-state index contributed by atoms with van der Waals surface area (Å²) in [7, 11) is 0. The summed E-state index contributed by atoms with van der Waals surface area (Å²) >= 11 is 3.63. The lowest BCUT2D eigenvalue weighted by Crippen LogP contribution is -2.26. The highest BCUT2D eigenvalue weighted by molar-refractivity contribution is 8.21. The minimum absolute atomic E-state index is 0.0544. The zero-order valence-electron chi connectivity index (χ0n) is 12.8. The Morgan fingerprint density at radius 2 is 2.04 bits per heavy atom.